The van der Waals surface area contributed by atoms with Crippen LogP contribution >= 0.6 is 0 Å². The maximum atomic E-state index is 11.0. The highest BCUT2D eigenvalue weighted by molar-refractivity contribution is 7.80. The Bertz CT molecular complexity index is 740. The van der Waals surface area contributed by atoms with Crippen LogP contribution in [0.25, 0.3) is 10.8 Å². The standard InChI is InChI=1S/C16H21NO5S/c1-12(2)17-10-14(22-23(18,19)20)11-21-16-9-5-7-13-6-3-4-8-15(13)16/h3-9,12,14,17H,10-11H2,1-2H3,(H,18,19,20)/t14-/m1/s1. The molecule has 7 heteroatoms. The van der Waals surface area contributed by atoms with E-state index in [1.54, 1.807) is 0 Å². The molecule has 0 spiro atoms. The highest BCUT2D eigenvalue weighted by Gasteiger charge is 2.18. The maximum Gasteiger partial charge on any atom is 0.397 e. The molecule has 2 N–H and O–H groups in total. The lowest BCUT2D eigenvalue weighted by atomic mass is 10.1. The van der Waals surface area contributed by atoms with E-state index in [0.717, 1.165) is 10.8 Å². The summed E-state index contributed by atoms with van der Waals surface area (Å²) in [6.45, 7) is 4.09. The Morgan fingerprint density at radius 2 is 1.83 bits per heavy atom. The fourth-order valence-corrected chi connectivity index (χ4v) is 2.63. The van der Waals surface area contributed by atoms with Gasteiger partial charge in [-0.3, -0.25) is 4.55 Å². The molecule has 0 aliphatic carbocycles. The summed E-state index contributed by atoms with van der Waals surface area (Å²) in [6.07, 6.45) is -0.827. The summed E-state index contributed by atoms with van der Waals surface area (Å²) < 4.78 is 41.2. The van der Waals surface area contributed by atoms with Crippen molar-refractivity contribution in [3.63, 3.8) is 0 Å². The summed E-state index contributed by atoms with van der Waals surface area (Å²) in [7, 11) is -4.54. The van der Waals surface area contributed by atoms with Crippen molar-refractivity contribution in [3.05, 3.63) is 42.5 Å². The molecule has 2 rings (SSSR count). The van der Waals surface area contributed by atoms with Crippen molar-refractivity contribution in [1.82, 2.24) is 5.32 Å². The molecule has 2 aromatic rings. The fraction of sp³-hybridized carbons (Fsp3) is 0.375. The van der Waals surface area contributed by atoms with E-state index >= 15 is 0 Å². The smallest absolute Gasteiger partial charge is 0.397 e. The molecule has 0 saturated carbocycles. The molecule has 6 nitrogen and oxygen atoms in total. The lowest BCUT2D eigenvalue weighted by molar-refractivity contribution is 0.117. The second-order valence-electron chi connectivity index (χ2n) is 5.50. The Morgan fingerprint density at radius 1 is 1.13 bits per heavy atom. The highest BCUT2D eigenvalue weighted by atomic mass is 32.3. The van der Waals surface area contributed by atoms with E-state index in [9.17, 15) is 8.42 Å². The van der Waals surface area contributed by atoms with Crippen molar-refractivity contribution in [2.75, 3.05) is 13.2 Å². The molecular formula is C16H21NO5S. The minimum atomic E-state index is -4.54. The molecule has 0 fully saturated rings. The first-order chi connectivity index (χ1) is 10.8. The molecule has 0 aromatic heterocycles. The second-order valence-corrected chi connectivity index (χ2v) is 6.55. The molecule has 2 aromatic carbocycles. The summed E-state index contributed by atoms with van der Waals surface area (Å²) in [6, 6.07) is 13.5. The van der Waals surface area contributed by atoms with E-state index in [1.807, 2.05) is 56.3 Å². The average molecular weight is 339 g/mol. The second kappa shape index (κ2) is 7.74. The van der Waals surface area contributed by atoms with Gasteiger partial charge in [-0.1, -0.05) is 50.2 Å². The number of fused-ring (bicyclic) bond motifs is 1. The molecule has 126 valence electrons. The van der Waals surface area contributed by atoms with Gasteiger partial charge in [-0.2, -0.15) is 8.42 Å². The molecule has 0 aliphatic rings. The van der Waals surface area contributed by atoms with Crippen LogP contribution in [0.3, 0.4) is 0 Å². The van der Waals surface area contributed by atoms with Crippen LogP contribution in [0.4, 0.5) is 0 Å². The van der Waals surface area contributed by atoms with Gasteiger partial charge in [-0.15, -0.1) is 0 Å². The largest absolute Gasteiger partial charge is 0.490 e. The zero-order valence-electron chi connectivity index (χ0n) is 13.1. The van der Waals surface area contributed by atoms with Crippen molar-refractivity contribution in [1.29, 1.82) is 0 Å². The SMILES string of the molecule is CC(C)NC[C@H](COc1cccc2ccccc12)OS(=O)(=O)O. The molecule has 0 unspecified atom stereocenters. The van der Waals surface area contributed by atoms with Crippen molar-refractivity contribution in [2.45, 2.75) is 26.0 Å². The van der Waals surface area contributed by atoms with Crippen LogP contribution < -0.4 is 10.1 Å². The Kier molecular flexibility index (Phi) is 5.95. The zero-order valence-corrected chi connectivity index (χ0v) is 13.9. The van der Waals surface area contributed by atoms with E-state index in [2.05, 4.69) is 9.50 Å². The third kappa shape index (κ3) is 5.80. The average Bonchev–Trinajstić information content (AvgIpc) is 2.48. The van der Waals surface area contributed by atoms with E-state index < -0.39 is 16.5 Å². The predicted octanol–water partition coefficient (Wildman–Crippen LogP) is 2.40. The van der Waals surface area contributed by atoms with E-state index in [4.69, 9.17) is 9.29 Å². The number of hydrogen-bond donors (Lipinski definition) is 2. The van der Waals surface area contributed by atoms with Gasteiger partial charge in [0.25, 0.3) is 0 Å². The van der Waals surface area contributed by atoms with Crippen molar-refractivity contribution in [3.8, 4) is 5.75 Å². The first-order valence-corrected chi connectivity index (χ1v) is 8.71. The predicted molar refractivity (Wildman–Crippen MR) is 89.0 cm³/mol. The summed E-state index contributed by atoms with van der Waals surface area (Å²) in [5, 5.41) is 5.01. The van der Waals surface area contributed by atoms with Crippen LogP contribution in [0.15, 0.2) is 42.5 Å². The molecule has 1 atom stereocenters. The minimum Gasteiger partial charge on any atom is -0.490 e. The van der Waals surface area contributed by atoms with Crippen LogP contribution in [0.2, 0.25) is 0 Å². The van der Waals surface area contributed by atoms with Crippen LogP contribution in [-0.2, 0) is 14.6 Å². The van der Waals surface area contributed by atoms with Crippen molar-refractivity contribution < 1.29 is 21.9 Å². The number of hydrogen-bond acceptors (Lipinski definition) is 5. The number of rotatable bonds is 8. The molecule has 0 heterocycles. The van der Waals surface area contributed by atoms with E-state index in [-0.39, 0.29) is 19.2 Å². The maximum absolute atomic E-state index is 11.0. The molecule has 0 amide bonds. The van der Waals surface area contributed by atoms with Gasteiger partial charge in [0.15, 0.2) is 0 Å². The lowest BCUT2D eigenvalue weighted by Crippen LogP contribution is -2.38. The van der Waals surface area contributed by atoms with Crippen molar-refractivity contribution >= 4 is 21.2 Å². The van der Waals surface area contributed by atoms with Gasteiger partial charge in [-0.05, 0) is 11.5 Å². The summed E-state index contributed by atoms with van der Waals surface area (Å²) in [4.78, 5) is 0. The first kappa shape index (κ1) is 17.7. The Labute approximate surface area is 136 Å². The summed E-state index contributed by atoms with van der Waals surface area (Å²) >= 11 is 0. The highest BCUT2D eigenvalue weighted by Crippen LogP contribution is 2.25. The number of ether oxygens (including phenoxy) is 1. The van der Waals surface area contributed by atoms with Gasteiger partial charge < -0.3 is 10.1 Å². The quantitative estimate of drug-likeness (QED) is 0.719. The first-order valence-electron chi connectivity index (χ1n) is 7.35. The zero-order chi connectivity index (χ0) is 16.9. The molecule has 0 radical (unpaired) electrons. The molecule has 0 saturated heterocycles. The molecular weight excluding hydrogens is 318 g/mol. The fourth-order valence-electron chi connectivity index (χ4n) is 2.16. The van der Waals surface area contributed by atoms with Crippen LogP contribution in [0.5, 0.6) is 5.75 Å². The molecule has 0 bridgehead atoms. The van der Waals surface area contributed by atoms with Crippen LogP contribution in [0, 0.1) is 0 Å². The van der Waals surface area contributed by atoms with Gasteiger partial charge in [0.1, 0.15) is 18.5 Å². The van der Waals surface area contributed by atoms with Gasteiger partial charge in [-0.25, -0.2) is 4.18 Å². The van der Waals surface area contributed by atoms with Gasteiger partial charge >= 0.3 is 10.4 Å². The molecule has 23 heavy (non-hydrogen) atoms. The number of benzene rings is 2. The normalized spacial score (nSPS) is 13.4. The Hall–Kier alpha value is -1.67. The van der Waals surface area contributed by atoms with Crippen molar-refractivity contribution in [2.24, 2.45) is 0 Å². The van der Waals surface area contributed by atoms with E-state index in [0.29, 0.717) is 5.75 Å². The monoisotopic (exact) mass is 339 g/mol. The van der Waals surface area contributed by atoms with Crippen LogP contribution in [0.1, 0.15) is 13.8 Å². The van der Waals surface area contributed by atoms with Crippen LogP contribution in [-0.4, -0.2) is 38.3 Å². The topological polar surface area (TPSA) is 84.9 Å². The number of nitrogens with one attached hydrogen (secondary N) is 1. The Balaban J connectivity index is 2.09. The van der Waals surface area contributed by atoms with Gasteiger partial charge in [0, 0.05) is 18.0 Å². The summed E-state index contributed by atoms with van der Waals surface area (Å²) in [5.41, 5.74) is 0. The third-order valence-corrected chi connectivity index (χ3v) is 3.70. The third-order valence-electron chi connectivity index (χ3n) is 3.19. The molecule has 0 aliphatic heterocycles. The van der Waals surface area contributed by atoms with E-state index in [1.165, 1.54) is 0 Å². The van der Waals surface area contributed by atoms with Gasteiger partial charge in [0.05, 0.1) is 0 Å². The van der Waals surface area contributed by atoms with Gasteiger partial charge in [0.2, 0.25) is 0 Å². The lowest BCUT2D eigenvalue weighted by Gasteiger charge is -2.19. The minimum absolute atomic E-state index is 0.00643. The Morgan fingerprint density at radius 3 is 2.52 bits per heavy atom. The summed E-state index contributed by atoms with van der Waals surface area (Å²) in [5.74, 6) is 0.636.